The number of carboxylic acids is 1. The van der Waals surface area contributed by atoms with Crippen molar-refractivity contribution in [3.8, 4) is 16.9 Å². The number of nitrogens with zero attached hydrogens (tertiary/aromatic N) is 3. The van der Waals surface area contributed by atoms with Crippen molar-refractivity contribution in [1.82, 2.24) is 14.5 Å². The van der Waals surface area contributed by atoms with Gasteiger partial charge in [0, 0.05) is 42.2 Å². The first kappa shape index (κ1) is 12.1. The summed E-state index contributed by atoms with van der Waals surface area (Å²) in [6, 6.07) is 8.84. The van der Waals surface area contributed by atoms with Crippen LogP contribution in [0.1, 0.15) is 10.4 Å². The third-order valence-corrected chi connectivity index (χ3v) is 3.01. The summed E-state index contributed by atoms with van der Waals surface area (Å²) in [5.41, 5.74) is 2.55. The Labute approximate surface area is 115 Å². The summed E-state index contributed by atoms with van der Waals surface area (Å²) in [7, 11) is 0. The second-order valence-electron chi connectivity index (χ2n) is 4.19. The van der Waals surface area contributed by atoms with Crippen LogP contribution in [0.5, 0.6) is 0 Å². The number of pyridine rings is 2. The van der Waals surface area contributed by atoms with Crippen LogP contribution in [0.3, 0.4) is 0 Å². The fourth-order valence-corrected chi connectivity index (χ4v) is 2.13. The molecule has 0 atom stereocenters. The predicted octanol–water partition coefficient (Wildman–Crippen LogP) is 2.63. The van der Waals surface area contributed by atoms with Crippen molar-refractivity contribution in [2.75, 3.05) is 0 Å². The van der Waals surface area contributed by atoms with Crippen molar-refractivity contribution >= 4 is 5.97 Å². The molecule has 0 saturated heterocycles. The number of hydrogen-bond donors (Lipinski definition) is 1. The van der Waals surface area contributed by atoms with E-state index in [-0.39, 0.29) is 5.56 Å². The maximum absolute atomic E-state index is 11.4. The lowest BCUT2D eigenvalue weighted by Gasteiger charge is -2.10. The molecule has 0 aliphatic rings. The van der Waals surface area contributed by atoms with Crippen LogP contribution >= 0.6 is 0 Å². The molecular formula is C15H11N3O2. The fourth-order valence-electron chi connectivity index (χ4n) is 2.13. The van der Waals surface area contributed by atoms with Crippen LogP contribution in [0.15, 0.2) is 61.3 Å². The topological polar surface area (TPSA) is 68.0 Å². The zero-order valence-corrected chi connectivity index (χ0v) is 10.5. The average Bonchev–Trinajstić information content (AvgIpc) is 2.94. The van der Waals surface area contributed by atoms with Gasteiger partial charge in [-0.15, -0.1) is 0 Å². The smallest absolute Gasteiger partial charge is 0.337 e. The van der Waals surface area contributed by atoms with Gasteiger partial charge in [-0.3, -0.25) is 9.97 Å². The summed E-state index contributed by atoms with van der Waals surface area (Å²) in [5, 5.41) is 9.35. The molecule has 0 bridgehead atoms. The molecule has 0 amide bonds. The molecule has 0 saturated carbocycles. The van der Waals surface area contributed by atoms with Crippen molar-refractivity contribution in [2.45, 2.75) is 0 Å². The average molecular weight is 265 g/mol. The van der Waals surface area contributed by atoms with Crippen LogP contribution in [-0.2, 0) is 0 Å². The monoisotopic (exact) mass is 265 g/mol. The van der Waals surface area contributed by atoms with E-state index >= 15 is 0 Å². The van der Waals surface area contributed by atoms with Gasteiger partial charge < -0.3 is 9.67 Å². The molecule has 0 aliphatic heterocycles. The van der Waals surface area contributed by atoms with Crippen molar-refractivity contribution in [3.05, 3.63) is 66.9 Å². The molecule has 0 radical (unpaired) electrons. The van der Waals surface area contributed by atoms with Crippen molar-refractivity contribution in [3.63, 3.8) is 0 Å². The lowest BCUT2D eigenvalue weighted by atomic mass is 10.1. The summed E-state index contributed by atoms with van der Waals surface area (Å²) in [4.78, 5) is 19.3. The van der Waals surface area contributed by atoms with Crippen LogP contribution < -0.4 is 0 Å². The van der Waals surface area contributed by atoms with E-state index in [2.05, 4.69) is 9.97 Å². The SMILES string of the molecule is O=C(O)c1ccn(-c2ccncc2)c1-c1ccncc1. The summed E-state index contributed by atoms with van der Waals surface area (Å²) >= 11 is 0. The molecule has 1 N–H and O–H groups in total. The highest BCUT2D eigenvalue weighted by atomic mass is 16.4. The van der Waals surface area contributed by atoms with Gasteiger partial charge in [0.15, 0.2) is 0 Å². The number of aromatic nitrogens is 3. The van der Waals surface area contributed by atoms with E-state index in [4.69, 9.17) is 0 Å². The Morgan fingerprint density at radius 2 is 1.55 bits per heavy atom. The second-order valence-corrected chi connectivity index (χ2v) is 4.19. The molecule has 5 nitrogen and oxygen atoms in total. The second kappa shape index (κ2) is 4.97. The van der Waals surface area contributed by atoms with E-state index in [0.717, 1.165) is 11.3 Å². The van der Waals surface area contributed by atoms with Gasteiger partial charge in [-0.1, -0.05) is 0 Å². The van der Waals surface area contributed by atoms with Gasteiger partial charge in [0.1, 0.15) is 0 Å². The Morgan fingerprint density at radius 3 is 2.15 bits per heavy atom. The lowest BCUT2D eigenvalue weighted by Crippen LogP contribution is -2.01. The number of rotatable bonds is 3. The normalized spacial score (nSPS) is 10.4. The Balaban J connectivity index is 2.25. The van der Waals surface area contributed by atoms with Crippen LogP contribution in [0.2, 0.25) is 0 Å². The molecule has 0 aliphatic carbocycles. The molecule has 0 unspecified atom stereocenters. The molecule has 0 fully saturated rings. The molecule has 3 heterocycles. The Morgan fingerprint density at radius 1 is 0.950 bits per heavy atom. The highest BCUT2D eigenvalue weighted by Gasteiger charge is 2.17. The van der Waals surface area contributed by atoms with Gasteiger partial charge in [0.25, 0.3) is 0 Å². The highest BCUT2D eigenvalue weighted by molar-refractivity contribution is 5.95. The quantitative estimate of drug-likeness (QED) is 0.790. The first-order valence-electron chi connectivity index (χ1n) is 6.03. The minimum atomic E-state index is -0.954. The Kier molecular flexibility index (Phi) is 3.01. The first-order chi connectivity index (χ1) is 9.77. The zero-order valence-electron chi connectivity index (χ0n) is 10.5. The van der Waals surface area contributed by atoms with Gasteiger partial charge in [-0.25, -0.2) is 4.79 Å². The molecule has 0 aromatic carbocycles. The van der Waals surface area contributed by atoms with E-state index in [1.165, 1.54) is 0 Å². The molecule has 98 valence electrons. The molecular weight excluding hydrogens is 254 g/mol. The van der Waals surface area contributed by atoms with Gasteiger partial charge in [-0.05, 0) is 30.3 Å². The summed E-state index contributed by atoms with van der Waals surface area (Å²) in [6.45, 7) is 0. The standard InChI is InChI=1S/C15H11N3O2/c19-15(20)13-5-10-18(12-3-8-17-9-4-12)14(13)11-1-6-16-7-2-11/h1-10H,(H,19,20). The van der Waals surface area contributed by atoms with Gasteiger partial charge in [0.2, 0.25) is 0 Å². The molecule has 3 aromatic heterocycles. The molecule has 3 rings (SSSR count). The summed E-state index contributed by atoms with van der Waals surface area (Å²) < 4.78 is 1.83. The summed E-state index contributed by atoms with van der Waals surface area (Å²) in [5.74, 6) is -0.954. The predicted molar refractivity (Wildman–Crippen MR) is 73.8 cm³/mol. The van der Waals surface area contributed by atoms with Crippen LogP contribution in [0.25, 0.3) is 16.9 Å². The summed E-state index contributed by atoms with van der Waals surface area (Å²) in [6.07, 6.45) is 8.38. The third-order valence-electron chi connectivity index (χ3n) is 3.01. The van der Waals surface area contributed by atoms with Crippen LogP contribution in [0.4, 0.5) is 0 Å². The lowest BCUT2D eigenvalue weighted by molar-refractivity contribution is 0.0698. The largest absolute Gasteiger partial charge is 0.478 e. The van der Waals surface area contributed by atoms with Crippen molar-refractivity contribution in [2.24, 2.45) is 0 Å². The van der Waals surface area contributed by atoms with Crippen molar-refractivity contribution in [1.29, 1.82) is 0 Å². The van der Waals surface area contributed by atoms with Crippen LogP contribution in [-0.4, -0.2) is 25.6 Å². The third kappa shape index (κ3) is 2.05. The minimum absolute atomic E-state index is 0.257. The zero-order chi connectivity index (χ0) is 13.9. The Bertz CT molecular complexity index is 736. The van der Waals surface area contributed by atoms with Gasteiger partial charge in [0.05, 0.1) is 11.3 Å². The molecule has 3 aromatic rings. The van der Waals surface area contributed by atoms with E-state index in [9.17, 15) is 9.90 Å². The first-order valence-corrected chi connectivity index (χ1v) is 6.03. The van der Waals surface area contributed by atoms with Gasteiger partial charge in [-0.2, -0.15) is 0 Å². The van der Waals surface area contributed by atoms with E-state index < -0.39 is 5.97 Å². The minimum Gasteiger partial charge on any atom is -0.478 e. The molecule has 5 heteroatoms. The maximum atomic E-state index is 11.4. The number of carboxylic acid groups (broad SMARTS) is 1. The number of hydrogen-bond acceptors (Lipinski definition) is 3. The number of aromatic carboxylic acids is 1. The van der Waals surface area contributed by atoms with E-state index in [1.807, 2.05) is 16.7 Å². The molecule has 20 heavy (non-hydrogen) atoms. The van der Waals surface area contributed by atoms with E-state index in [1.54, 1.807) is 49.2 Å². The van der Waals surface area contributed by atoms with E-state index in [0.29, 0.717) is 5.69 Å². The van der Waals surface area contributed by atoms with Crippen molar-refractivity contribution < 1.29 is 9.90 Å². The maximum Gasteiger partial charge on any atom is 0.337 e. The fraction of sp³-hybridized carbons (Fsp3) is 0. The number of carbonyl (C=O) groups is 1. The Hall–Kier alpha value is -2.95. The molecule has 0 spiro atoms. The highest BCUT2D eigenvalue weighted by Crippen LogP contribution is 2.27. The van der Waals surface area contributed by atoms with Crippen LogP contribution in [0, 0.1) is 0 Å². The van der Waals surface area contributed by atoms with Gasteiger partial charge >= 0.3 is 5.97 Å².